The van der Waals surface area contributed by atoms with Gasteiger partial charge in [0.2, 0.25) is 0 Å². The average molecular weight is 439 g/mol. The number of rotatable bonds is 5. The highest BCUT2D eigenvalue weighted by molar-refractivity contribution is 5.97. The minimum atomic E-state index is 0.722. The fraction of sp³-hybridized carbons (Fsp3) is 0.269. The van der Waals surface area contributed by atoms with Gasteiger partial charge in [-0.05, 0) is 73.1 Å². The molecule has 33 heavy (non-hydrogen) atoms. The largest absolute Gasteiger partial charge is 0.497 e. The summed E-state index contributed by atoms with van der Waals surface area (Å²) in [6.45, 7) is 3.10. The highest BCUT2D eigenvalue weighted by atomic mass is 16.5. The van der Waals surface area contributed by atoms with Crippen molar-refractivity contribution in [2.75, 3.05) is 20.2 Å². The van der Waals surface area contributed by atoms with Crippen molar-refractivity contribution in [3.05, 3.63) is 60.4 Å². The molecule has 3 heterocycles. The van der Waals surface area contributed by atoms with Crippen molar-refractivity contribution in [3.63, 3.8) is 0 Å². The second kappa shape index (κ2) is 8.33. The zero-order valence-electron chi connectivity index (χ0n) is 18.6. The smallest absolute Gasteiger partial charge is 0.181 e. The number of piperidine rings is 1. The van der Waals surface area contributed by atoms with Crippen LogP contribution in [0.2, 0.25) is 0 Å². The van der Waals surface area contributed by atoms with Crippen molar-refractivity contribution in [3.8, 4) is 28.4 Å². The molecule has 0 aliphatic carbocycles. The third-order valence-corrected chi connectivity index (χ3v) is 6.50. The highest BCUT2D eigenvalue weighted by Crippen LogP contribution is 2.32. The standard InChI is InChI=1S/C26H26N6O/c1-33-21-9-7-17-5-6-18(13-20(17)14-21)25-22-15-19(8-10-23(22)28-30-25)26-27-24(29-31-26)16-32-11-3-2-4-12-32/h5-10,13-15H,2-4,11-12,16H2,1H3,(H,28,30)(H,27,29,31). The van der Waals surface area contributed by atoms with Crippen molar-refractivity contribution >= 4 is 21.7 Å². The quantitative estimate of drug-likeness (QED) is 0.396. The van der Waals surface area contributed by atoms with Gasteiger partial charge in [-0.15, -0.1) is 0 Å². The van der Waals surface area contributed by atoms with E-state index in [1.807, 2.05) is 18.2 Å². The van der Waals surface area contributed by atoms with E-state index in [2.05, 4.69) is 61.7 Å². The van der Waals surface area contributed by atoms with E-state index in [1.54, 1.807) is 7.11 Å². The molecule has 0 radical (unpaired) electrons. The van der Waals surface area contributed by atoms with E-state index in [1.165, 1.54) is 24.6 Å². The van der Waals surface area contributed by atoms with Crippen LogP contribution in [0, 0.1) is 0 Å². The van der Waals surface area contributed by atoms with Crippen LogP contribution in [0.25, 0.3) is 44.3 Å². The van der Waals surface area contributed by atoms with Crippen molar-refractivity contribution in [2.45, 2.75) is 25.8 Å². The average Bonchev–Trinajstić information content (AvgIpc) is 3.50. The second-order valence-corrected chi connectivity index (χ2v) is 8.70. The Morgan fingerprint density at radius 2 is 1.70 bits per heavy atom. The van der Waals surface area contributed by atoms with Gasteiger partial charge in [0.25, 0.3) is 0 Å². The summed E-state index contributed by atoms with van der Waals surface area (Å²) in [6.07, 6.45) is 3.86. The van der Waals surface area contributed by atoms with Crippen LogP contribution in [0.1, 0.15) is 25.1 Å². The van der Waals surface area contributed by atoms with E-state index in [0.29, 0.717) is 0 Å². The first-order chi connectivity index (χ1) is 16.3. The lowest BCUT2D eigenvalue weighted by atomic mass is 10.0. The molecule has 0 saturated carbocycles. The maximum atomic E-state index is 5.40. The van der Waals surface area contributed by atoms with Gasteiger partial charge in [0.05, 0.1) is 24.9 Å². The number of hydrogen-bond donors (Lipinski definition) is 2. The zero-order valence-corrected chi connectivity index (χ0v) is 18.6. The summed E-state index contributed by atoms with van der Waals surface area (Å²) in [7, 11) is 1.69. The first kappa shape index (κ1) is 19.9. The molecule has 0 atom stereocenters. The summed E-state index contributed by atoms with van der Waals surface area (Å²) < 4.78 is 5.40. The third kappa shape index (κ3) is 3.85. The van der Waals surface area contributed by atoms with E-state index in [-0.39, 0.29) is 0 Å². The Morgan fingerprint density at radius 1 is 0.848 bits per heavy atom. The molecule has 0 bridgehead atoms. The second-order valence-electron chi connectivity index (χ2n) is 8.70. The molecule has 1 saturated heterocycles. The summed E-state index contributed by atoms with van der Waals surface area (Å²) in [4.78, 5) is 7.22. The maximum Gasteiger partial charge on any atom is 0.181 e. The molecular formula is C26H26N6O. The van der Waals surface area contributed by atoms with Gasteiger partial charge < -0.3 is 4.74 Å². The van der Waals surface area contributed by atoms with Gasteiger partial charge in [0.15, 0.2) is 5.82 Å². The fourth-order valence-corrected chi connectivity index (χ4v) is 4.70. The van der Waals surface area contributed by atoms with Crippen LogP contribution in [0.5, 0.6) is 5.75 Å². The molecule has 0 spiro atoms. The Bertz CT molecular complexity index is 1430. The minimum Gasteiger partial charge on any atom is -0.497 e. The first-order valence-corrected chi connectivity index (χ1v) is 11.5. The van der Waals surface area contributed by atoms with Crippen molar-refractivity contribution in [1.82, 2.24) is 30.3 Å². The Kier molecular flexibility index (Phi) is 5.03. The van der Waals surface area contributed by atoms with E-state index in [0.717, 1.165) is 70.1 Å². The predicted octanol–water partition coefficient (Wildman–Crippen LogP) is 5.16. The molecule has 7 nitrogen and oxygen atoms in total. The van der Waals surface area contributed by atoms with Gasteiger partial charge in [-0.2, -0.15) is 10.2 Å². The van der Waals surface area contributed by atoms with E-state index in [4.69, 9.17) is 9.72 Å². The number of benzene rings is 3. The van der Waals surface area contributed by atoms with Crippen LogP contribution in [0.4, 0.5) is 0 Å². The molecule has 166 valence electrons. The number of methoxy groups -OCH3 is 1. The maximum absolute atomic E-state index is 5.40. The van der Waals surface area contributed by atoms with E-state index < -0.39 is 0 Å². The number of fused-ring (bicyclic) bond motifs is 2. The lowest BCUT2D eigenvalue weighted by Gasteiger charge is -2.24. The molecule has 5 aromatic rings. The molecule has 1 aliphatic heterocycles. The molecular weight excluding hydrogens is 412 g/mol. The van der Waals surface area contributed by atoms with Crippen molar-refractivity contribution in [1.29, 1.82) is 0 Å². The molecule has 1 fully saturated rings. The number of hydrogen-bond acceptors (Lipinski definition) is 5. The molecule has 6 rings (SSSR count). The lowest BCUT2D eigenvalue weighted by Crippen LogP contribution is -2.29. The number of H-pyrrole nitrogens is 2. The van der Waals surface area contributed by atoms with Gasteiger partial charge in [-0.25, -0.2) is 4.98 Å². The van der Waals surface area contributed by atoms with Crippen LogP contribution >= 0.6 is 0 Å². The van der Waals surface area contributed by atoms with E-state index >= 15 is 0 Å². The number of nitrogens with zero attached hydrogens (tertiary/aromatic N) is 4. The normalized spacial score (nSPS) is 14.8. The summed E-state index contributed by atoms with van der Waals surface area (Å²) in [5.74, 6) is 2.49. The van der Waals surface area contributed by atoms with Crippen LogP contribution in [-0.4, -0.2) is 50.5 Å². The van der Waals surface area contributed by atoms with Gasteiger partial charge in [-0.3, -0.25) is 15.1 Å². The predicted molar refractivity (Wildman–Crippen MR) is 130 cm³/mol. The SMILES string of the molecule is COc1ccc2ccc(-c3n[nH]c4ccc(-c5n[nH]c(CN6CCCCC6)n5)cc34)cc2c1. The number of nitrogens with one attached hydrogen (secondary N) is 2. The van der Waals surface area contributed by atoms with Crippen LogP contribution < -0.4 is 4.74 Å². The summed E-state index contributed by atoms with van der Waals surface area (Å²) >= 11 is 0. The lowest BCUT2D eigenvalue weighted by molar-refractivity contribution is 0.216. The Morgan fingerprint density at radius 3 is 2.58 bits per heavy atom. The van der Waals surface area contributed by atoms with Crippen molar-refractivity contribution in [2.24, 2.45) is 0 Å². The zero-order chi connectivity index (χ0) is 22.2. The van der Waals surface area contributed by atoms with Crippen LogP contribution in [-0.2, 0) is 6.54 Å². The van der Waals surface area contributed by atoms with Gasteiger partial charge in [-0.1, -0.05) is 24.6 Å². The topological polar surface area (TPSA) is 82.7 Å². The summed E-state index contributed by atoms with van der Waals surface area (Å²) in [5.41, 5.74) is 3.94. The van der Waals surface area contributed by atoms with Crippen LogP contribution in [0.15, 0.2) is 54.6 Å². The molecule has 2 aromatic heterocycles. The molecule has 3 aromatic carbocycles. The minimum absolute atomic E-state index is 0.722. The van der Waals surface area contributed by atoms with Gasteiger partial charge in [0.1, 0.15) is 11.6 Å². The Hall–Kier alpha value is -3.71. The highest BCUT2D eigenvalue weighted by Gasteiger charge is 2.15. The first-order valence-electron chi connectivity index (χ1n) is 11.5. The summed E-state index contributed by atoms with van der Waals surface area (Å²) in [6, 6.07) is 18.7. The number of aromatic nitrogens is 5. The summed E-state index contributed by atoms with van der Waals surface area (Å²) in [5, 5.41) is 18.8. The molecule has 1 aliphatic rings. The monoisotopic (exact) mass is 438 g/mol. The van der Waals surface area contributed by atoms with E-state index in [9.17, 15) is 0 Å². The fourth-order valence-electron chi connectivity index (χ4n) is 4.70. The number of likely N-dealkylation sites (tertiary alicyclic amines) is 1. The Labute approximate surface area is 191 Å². The van der Waals surface area contributed by atoms with Gasteiger partial charge >= 0.3 is 0 Å². The number of ether oxygens (including phenoxy) is 1. The Balaban J connectivity index is 1.34. The molecule has 2 N–H and O–H groups in total. The van der Waals surface area contributed by atoms with Gasteiger partial charge in [0, 0.05) is 16.5 Å². The van der Waals surface area contributed by atoms with Crippen LogP contribution in [0.3, 0.4) is 0 Å². The third-order valence-electron chi connectivity index (χ3n) is 6.50. The number of aromatic amines is 2. The van der Waals surface area contributed by atoms with Crippen molar-refractivity contribution < 1.29 is 4.74 Å². The molecule has 0 unspecified atom stereocenters. The molecule has 7 heteroatoms. The molecule has 0 amide bonds.